The molecule has 0 amide bonds. The maximum absolute atomic E-state index is 10.9. The fourth-order valence-corrected chi connectivity index (χ4v) is 4.00. The maximum Gasteiger partial charge on any atom is 0.305 e. The lowest BCUT2D eigenvalue weighted by molar-refractivity contribution is -0.139. The molecule has 1 heterocycles. The Morgan fingerprint density at radius 3 is 2.65 bits per heavy atom. The molecule has 3 N–H and O–H groups in total. The van der Waals surface area contributed by atoms with E-state index in [0.717, 1.165) is 37.4 Å². The van der Waals surface area contributed by atoms with Crippen LogP contribution in [0.2, 0.25) is 0 Å². The van der Waals surface area contributed by atoms with Gasteiger partial charge in [0.1, 0.15) is 0 Å². The van der Waals surface area contributed by atoms with Crippen LogP contribution in [0.15, 0.2) is 0 Å². The summed E-state index contributed by atoms with van der Waals surface area (Å²) in [7, 11) is 0. The summed E-state index contributed by atoms with van der Waals surface area (Å²) >= 11 is 0. The van der Waals surface area contributed by atoms with Crippen LogP contribution in [-0.2, 0) is 4.79 Å². The Morgan fingerprint density at radius 2 is 2.18 bits per heavy atom. The average molecular weight is 238 g/mol. The van der Waals surface area contributed by atoms with Crippen molar-refractivity contribution in [3.05, 3.63) is 0 Å². The molecule has 17 heavy (non-hydrogen) atoms. The lowest BCUT2D eigenvalue weighted by Crippen LogP contribution is -2.69. The molecule has 2 aliphatic carbocycles. The largest absolute Gasteiger partial charge is 0.481 e. The SMILES string of the molecule is O=C(O)CC1(NCC2CC3CCC2C3)CNC1. The minimum Gasteiger partial charge on any atom is -0.481 e. The quantitative estimate of drug-likeness (QED) is 0.664. The van der Waals surface area contributed by atoms with Gasteiger partial charge >= 0.3 is 5.97 Å². The maximum atomic E-state index is 10.9. The number of rotatable bonds is 5. The number of hydrogen-bond donors (Lipinski definition) is 3. The number of fused-ring (bicyclic) bond motifs is 2. The Kier molecular flexibility index (Phi) is 2.87. The van der Waals surface area contributed by atoms with E-state index < -0.39 is 5.97 Å². The van der Waals surface area contributed by atoms with Crippen LogP contribution in [0.25, 0.3) is 0 Å². The standard InChI is InChI=1S/C13H22N2O2/c16-12(17)5-13(7-14-8-13)15-6-11-4-9-1-2-10(11)3-9/h9-11,14-15H,1-8H2,(H,16,17). The zero-order valence-corrected chi connectivity index (χ0v) is 10.2. The molecule has 4 heteroatoms. The summed E-state index contributed by atoms with van der Waals surface area (Å²) in [6, 6.07) is 0. The average Bonchev–Trinajstić information content (AvgIpc) is 2.82. The van der Waals surface area contributed by atoms with Gasteiger partial charge in [-0.25, -0.2) is 0 Å². The number of carboxylic acids is 1. The fourth-order valence-electron chi connectivity index (χ4n) is 4.00. The highest BCUT2D eigenvalue weighted by molar-refractivity contribution is 5.68. The molecule has 0 aromatic carbocycles. The number of carboxylic acid groups (broad SMARTS) is 1. The summed E-state index contributed by atoms with van der Waals surface area (Å²) in [5.41, 5.74) is -0.159. The minimum atomic E-state index is -0.688. The van der Waals surface area contributed by atoms with Crippen molar-refractivity contribution < 1.29 is 9.90 Å². The summed E-state index contributed by atoms with van der Waals surface area (Å²) in [5.74, 6) is 2.01. The highest BCUT2D eigenvalue weighted by Gasteiger charge is 2.43. The lowest BCUT2D eigenvalue weighted by Gasteiger charge is -2.43. The molecule has 3 atom stereocenters. The van der Waals surface area contributed by atoms with Gasteiger partial charge in [0.05, 0.1) is 12.0 Å². The van der Waals surface area contributed by atoms with Gasteiger partial charge in [-0.15, -0.1) is 0 Å². The van der Waals surface area contributed by atoms with Gasteiger partial charge < -0.3 is 15.7 Å². The molecule has 0 aromatic heterocycles. The third-order valence-electron chi connectivity index (χ3n) is 5.04. The van der Waals surface area contributed by atoms with E-state index >= 15 is 0 Å². The molecule has 3 fully saturated rings. The normalized spacial score (nSPS) is 38.0. The fraction of sp³-hybridized carbons (Fsp3) is 0.923. The second-order valence-corrected chi connectivity index (χ2v) is 6.27. The first kappa shape index (κ1) is 11.5. The Morgan fingerprint density at radius 1 is 1.35 bits per heavy atom. The van der Waals surface area contributed by atoms with E-state index in [4.69, 9.17) is 5.11 Å². The second kappa shape index (κ2) is 4.25. The van der Waals surface area contributed by atoms with E-state index in [1.165, 1.54) is 25.7 Å². The Hall–Kier alpha value is -0.610. The summed E-state index contributed by atoms with van der Waals surface area (Å²) in [4.78, 5) is 10.9. The third kappa shape index (κ3) is 2.20. The molecule has 3 rings (SSSR count). The lowest BCUT2D eigenvalue weighted by atomic mass is 9.85. The first-order chi connectivity index (χ1) is 8.17. The molecule has 0 spiro atoms. The van der Waals surface area contributed by atoms with Crippen molar-refractivity contribution in [2.75, 3.05) is 19.6 Å². The minimum absolute atomic E-state index is 0.159. The van der Waals surface area contributed by atoms with E-state index in [-0.39, 0.29) is 12.0 Å². The molecule has 0 radical (unpaired) electrons. The van der Waals surface area contributed by atoms with E-state index in [1.807, 2.05) is 0 Å². The molecule has 1 aliphatic heterocycles. The van der Waals surface area contributed by atoms with Crippen LogP contribution in [0.1, 0.15) is 32.1 Å². The molecular weight excluding hydrogens is 216 g/mol. The second-order valence-electron chi connectivity index (χ2n) is 6.27. The van der Waals surface area contributed by atoms with Crippen molar-refractivity contribution in [2.24, 2.45) is 17.8 Å². The molecule has 0 aromatic rings. The van der Waals surface area contributed by atoms with Crippen LogP contribution < -0.4 is 10.6 Å². The zero-order chi connectivity index (χ0) is 11.9. The molecule has 1 saturated heterocycles. The van der Waals surface area contributed by atoms with Gasteiger partial charge in [-0.1, -0.05) is 6.42 Å². The highest BCUT2D eigenvalue weighted by Crippen LogP contribution is 2.48. The van der Waals surface area contributed by atoms with Crippen molar-refractivity contribution in [1.82, 2.24) is 10.6 Å². The molecule has 3 unspecified atom stereocenters. The van der Waals surface area contributed by atoms with Gasteiger partial charge in [0, 0.05) is 13.1 Å². The Bertz CT molecular complexity index is 315. The first-order valence-corrected chi connectivity index (χ1v) is 6.84. The van der Waals surface area contributed by atoms with Crippen LogP contribution in [0.5, 0.6) is 0 Å². The van der Waals surface area contributed by atoms with Crippen LogP contribution in [0.3, 0.4) is 0 Å². The Balaban J connectivity index is 1.51. The van der Waals surface area contributed by atoms with Crippen LogP contribution in [-0.4, -0.2) is 36.2 Å². The molecule has 2 bridgehead atoms. The van der Waals surface area contributed by atoms with Gasteiger partial charge in [0.15, 0.2) is 0 Å². The zero-order valence-electron chi connectivity index (χ0n) is 10.2. The van der Waals surface area contributed by atoms with Crippen LogP contribution in [0.4, 0.5) is 0 Å². The molecular formula is C13H22N2O2. The van der Waals surface area contributed by atoms with Gasteiger partial charge in [-0.2, -0.15) is 0 Å². The topological polar surface area (TPSA) is 61.4 Å². The number of nitrogens with one attached hydrogen (secondary N) is 2. The molecule has 96 valence electrons. The predicted octanol–water partition coefficient (Wildman–Crippen LogP) is 0.829. The Labute approximate surface area is 102 Å². The van der Waals surface area contributed by atoms with Crippen molar-refractivity contribution in [3.8, 4) is 0 Å². The number of hydrogen-bond acceptors (Lipinski definition) is 3. The van der Waals surface area contributed by atoms with Crippen LogP contribution in [0, 0.1) is 17.8 Å². The van der Waals surface area contributed by atoms with E-state index in [1.54, 1.807) is 0 Å². The highest BCUT2D eigenvalue weighted by atomic mass is 16.4. The summed E-state index contributed by atoms with van der Waals surface area (Å²) in [6.07, 6.45) is 5.88. The third-order valence-corrected chi connectivity index (χ3v) is 5.04. The van der Waals surface area contributed by atoms with Crippen molar-refractivity contribution in [2.45, 2.75) is 37.6 Å². The summed E-state index contributed by atoms with van der Waals surface area (Å²) in [5, 5.41) is 15.7. The van der Waals surface area contributed by atoms with Crippen LogP contribution >= 0.6 is 0 Å². The van der Waals surface area contributed by atoms with Crippen molar-refractivity contribution in [1.29, 1.82) is 0 Å². The molecule has 3 aliphatic rings. The number of carbonyl (C=O) groups is 1. The van der Waals surface area contributed by atoms with E-state index in [0.29, 0.717) is 0 Å². The molecule has 4 nitrogen and oxygen atoms in total. The molecule has 2 saturated carbocycles. The monoisotopic (exact) mass is 238 g/mol. The predicted molar refractivity (Wildman–Crippen MR) is 64.8 cm³/mol. The van der Waals surface area contributed by atoms with Gasteiger partial charge in [-0.3, -0.25) is 4.79 Å². The van der Waals surface area contributed by atoms with Gasteiger partial charge in [-0.05, 0) is 43.6 Å². The van der Waals surface area contributed by atoms with E-state index in [2.05, 4.69) is 10.6 Å². The van der Waals surface area contributed by atoms with Crippen molar-refractivity contribution in [3.63, 3.8) is 0 Å². The van der Waals surface area contributed by atoms with Gasteiger partial charge in [0.2, 0.25) is 0 Å². The number of aliphatic carboxylic acids is 1. The summed E-state index contributed by atoms with van der Waals surface area (Å²) in [6.45, 7) is 2.64. The van der Waals surface area contributed by atoms with E-state index in [9.17, 15) is 4.79 Å². The van der Waals surface area contributed by atoms with Gasteiger partial charge in [0.25, 0.3) is 0 Å². The first-order valence-electron chi connectivity index (χ1n) is 6.84. The van der Waals surface area contributed by atoms with Crippen molar-refractivity contribution >= 4 is 5.97 Å². The smallest absolute Gasteiger partial charge is 0.305 e. The summed E-state index contributed by atoms with van der Waals surface area (Å²) < 4.78 is 0.